The smallest absolute Gasteiger partial charge is 0.407 e. The third-order valence-electron chi connectivity index (χ3n) is 2.23. The normalized spacial score (nSPS) is 11.0. The van der Waals surface area contributed by atoms with Gasteiger partial charge in [0.2, 0.25) is 0 Å². The Morgan fingerprint density at radius 3 is 2.63 bits per heavy atom. The molecular formula is C14H21BrN2O2. The van der Waals surface area contributed by atoms with E-state index in [9.17, 15) is 4.79 Å². The van der Waals surface area contributed by atoms with Crippen LogP contribution in [0.15, 0.2) is 22.7 Å². The zero-order chi connectivity index (χ0) is 14.5. The molecule has 0 unspecified atom stereocenters. The first kappa shape index (κ1) is 15.8. The van der Waals surface area contributed by atoms with Gasteiger partial charge in [0.25, 0.3) is 0 Å². The molecule has 1 amide bonds. The number of hydrogen-bond donors (Lipinski definition) is 2. The number of hydrogen-bond acceptors (Lipinski definition) is 3. The van der Waals surface area contributed by atoms with Crippen LogP contribution >= 0.6 is 15.9 Å². The van der Waals surface area contributed by atoms with E-state index in [-0.39, 0.29) is 0 Å². The van der Waals surface area contributed by atoms with Crippen LogP contribution in [0.1, 0.15) is 26.3 Å². The van der Waals surface area contributed by atoms with Crippen LogP contribution in [0.2, 0.25) is 0 Å². The van der Waals surface area contributed by atoms with Gasteiger partial charge < -0.3 is 15.4 Å². The number of carbonyl (C=O) groups excluding carboxylic acids is 1. The second-order valence-electron chi connectivity index (χ2n) is 5.34. The summed E-state index contributed by atoms with van der Waals surface area (Å²) in [6, 6.07) is 6.09. The summed E-state index contributed by atoms with van der Waals surface area (Å²) in [4.78, 5) is 11.4. The fourth-order valence-electron chi connectivity index (χ4n) is 1.45. The van der Waals surface area contributed by atoms with Crippen molar-refractivity contribution in [3.05, 3.63) is 28.2 Å². The molecule has 0 bridgehead atoms. The molecular weight excluding hydrogens is 308 g/mol. The van der Waals surface area contributed by atoms with E-state index in [1.165, 1.54) is 5.56 Å². The molecule has 0 atom stereocenters. The predicted octanol–water partition coefficient (Wildman–Crippen LogP) is 3.69. The quantitative estimate of drug-likeness (QED) is 0.828. The van der Waals surface area contributed by atoms with Crippen molar-refractivity contribution in [3.63, 3.8) is 0 Å². The molecule has 0 aliphatic carbocycles. The first-order chi connectivity index (χ1) is 8.78. The van der Waals surface area contributed by atoms with Crippen molar-refractivity contribution in [1.29, 1.82) is 0 Å². The number of halogens is 1. The minimum atomic E-state index is -0.461. The molecule has 1 rings (SSSR count). The van der Waals surface area contributed by atoms with Gasteiger partial charge in [0, 0.05) is 23.2 Å². The van der Waals surface area contributed by atoms with Gasteiger partial charge >= 0.3 is 6.09 Å². The lowest BCUT2D eigenvalue weighted by molar-refractivity contribution is 0.0530. The van der Waals surface area contributed by atoms with Crippen molar-refractivity contribution in [2.24, 2.45) is 0 Å². The zero-order valence-electron chi connectivity index (χ0n) is 11.8. The topological polar surface area (TPSA) is 50.4 Å². The number of ether oxygens (including phenoxy) is 1. The third-order valence-corrected chi connectivity index (χ3v) is 2.92. The predicted molar refractivity (Wildman–Crippen MR) is 81.6 cm³/mol. The summed E-state index contributed by atoms with van der Waals surface area (Å²) in [5.41, 5.74) is 1.74. The van der Waals surface area contributed by atoms with Gasteiger partial charge in [-0.05, 0) is 61.3 Å². The fraction of sp³-hybridized carbons (Fsp3) is 0.500. The Balaban J connectivity index is 2.31. The van der Waals surface area contributed by atoms with E-state index in [1.54, 1.807) is 0 Å². The second-order valence-corrected chi connectivity index (χ2v) is 6.19. The zero-order valence-corrected chi connectivity index (χ0v) is 13.4. The number of nitrogens with one attached hydrogen (secondary N) is 2. The molecule has 5 heteroatoms. The number of rotatable bonds is 4. The largest absolute Gasteiger partial charge is 0.444 e. The average Bonchev–Trinajstić information content (AvgIpc) is 2.26. The van der Waals surface area contributed by atoms with Crippen LogP contribution in [-0.4, -0.2) is 24.8 Å². The number of amides is 1. The van der Waals surface area contributed by atoms with E-state index in [0.29, 0.717) is 13.1 Å². The minimum absolute atomic E-state index is 0.391. The van der Waals surface area contributed by atoms with Gasteiger partial charge in [-0.3, -0.25) is 0 Å². The van der Waals surface area contributed by atoms with Crippen LogP contribution in [0.5, 0.6) is 0 Å². The number of carbonyl (C=O) groups is 1. The van der Waals surface area contributed by atoms with Crippen molar-refractivity contribution in [3.8, 4) is 0 Å². The Hall–Kier alpha value is -1.23. The summed E-state index contributed by atoms with van der Waals surface area (Å²) < 4.78 is 6.16. The summed E-state index contributed by atoms with van der Waals surface area (Å²) >= 11 is 3.48. The fourth-order valence-corrected chi connectivity index (χ4v) is 1.84. The molecule has 0 spiro atoms. The molecule has 0 aromatic heterocycles. The van der Waals surface area contributed by atoms with Crippen LogP contribution in [0.3, 0.4) is 0 Å². The minimum Gasteiger partial charge on any atom is -0.444 e. The number of benzene rings is 1. The highest BCUT2D eigenvalue weighted by atomic mass is 79.9. The molecule has 1 aromatic carbocycles. The van der Waals surface area contributed by atoms with E-state index in [0.717, 1.165) is 10.2 Å². The SMILES string of the molecule is Cc1ccc(Br)c(NCCNC(=O)OC(C)(C)C)c1. The Labute approximate surface area is 123 Å². The van der Waals surface area contributed by atoms with Gasteiger partial charge in [0.1, 0.15) is 5.60 Å². The molecule has 106 valence electrons. The first-order valence-electron chi connectivity index (χ1n) is 6.25. The lowest BCUT2D eigenvalue weighted by atomic mass is 10.2. The summed E-state index contributed by atoms with van der Waals surface area (Å²) in [5.74, 6) is 0. The highest BCUT2D eigenvalue weighted by Gasteiger charge is 2.15. The van der Waals surface area contributed by atoms with Crippen molar-refractivity contribution >= 4 is 27.7 Å². The van der Waals surface area contributed by atoms with E-state index < -0.39 is 11.7 Å². The summed E-state index contributed by atoms with van der Waals surface area (Å²) in [5, 5.41) is 5.96. The molecule has 0 radical (unpaired) electrons. The average molecular weight is 329 g/mol. The standard InChI is InChI=1S/C14H21BrN2O2/c1-10-5-6-11(15)12(9-10)16-7-8-17-13(18)19-14(2,3)4/h5-6,9,16H,7-8H2,1-4H3,(H,17,18). The molecule has 4 nitrogen and oxygen atoms in total. The molecule has 1 aromatic rings. The van der Waals surface area contributed by atoms with Crippen LogP contribution in [0.4, 0.5) is 10.5 Å². The van der Waals surface area contributed by atoms with E-state index >= 15 is 0 Å². The molecule has 0 aliphatic heterocycles. The molecule has 0 saturated carbocycles. The van der Waals surface area contributed by atoms with E-state index in [1.807, 2.05) is 39.8 Å². The summed E-state index contributed by atoms with van der Waals surface area (Å²) in [6.45, 7) is 8.71. The van der Waals surface area contributed by atoms with Crippen LogP contribution in [0, 0.1) is 6.92 Å². The molecule has 0 aliphatic rings. The number of anilines is 1. The Morgan fingerprint density at radius 2 is 2.00 bits per heavy atom. The van der Waals surface area contributed by atoms with Crippen molar-refractivity contribution in [2.45, 2.75) is 33.3 Å². The highest BCUT2D eigenvalue weighted by Crippen LogP contribution is 2.22. The summed E-state index contributed by atoms with van der Waals surface area (Å²) in [7, 11) is 0. The lowest BCUT2D eigenvalue weighted by Gasteiger charge is -2.19. The Morgan fingerprint density at radius 1 is 1.32 bits per heavy atom. The number of aryl methyl sites for hydroxylation is 1. The monoisotopic (exact) mass is 328 g/mol. The molecule has 0 heterocycles. The van der Waals surface area contributed by atoms with Crippen molar-refractivity contribution < 1.29 is 9.53 Å². The molecule has 19 heavy (non-hydrogen) atoms. The van der Waals surface area contributed by atoms with E-state index in [2.05, 4.69) is 32.6 Å². The maximum atomic E-state index is 11.4. The number of alkyl carbamates (subject to hydrolysis) is 1. The van der Waals surface area contributed by atoms with Gasteiger partial charge in [0.05, 0.1) is 0 Å². The highest BCUT2D eigenvalue weighted by molar-refractivity contribution is 9.10. The van der Waals surface area contributed by atoms with E-state index in [4.69, 9.17) is 4.74 Å². The van der Waals surface area contributed by atoms with Crippen LogP contribution in [-0.2, 0) is 4.74 Å². The van der Waals surface area contributed by atoms with Crippen LogP contribution in [0.25, 0.3) is 0 Å². The molecule has 0 fully saturated rings. The van der Waals surface area contributed by atoms with Gasteiger partial charge in [-0.1, -0.05) is 6.07 Å². The van der Waals surface area contributed by atoms with Gasteiger partial charge in [-0.15, -0.1) is 0 Å². The van der Waals surface area contributed by atoms with Gasteiger partial charge in [-0.25, -0.2) is 4.79 Å². The van der Waals surface area contributed by atoms with Crippen molar-refractivity contribution in [2.75, 3.05) is 18.4 Å². The lowest BCUT2D eigenvalue weighted by Crippen LogP contribution is -2.35. The third kappa shape index (κ3) is 6.47. The van der Waals surface area contributed by atoms with Gasteiger partial charge in [0.15, 0.2) is 0 Å². The van der Waals surface area contributed by atoms with Crippen molar-refractivity contribution in [1.82, 2.24) is 5.32 Å². The molecule has 0 saturated heterocycles. The second kappa shape index (κ2) is 6.80. The maximum absolute atomic E-state index is 11.4. The Bertz CT molecular complexity index is 442. The van der Waals surface area contributed by atoms with Gasteiger partial charge in [-0.2, -0.15) is 0 Å². The Kier molecular flexibility index (Phi) is 5.66. The molecule has 2 N–H and O–H groups in total. The maximum Gasteiger partial charge on any atom is 0.407 e. The summed E-state index contributed by atoms with van der Waals surface area (Å²) in [6.07, 6.45) is -0.391. The first-order valence-corrected chi connectivity index (χ1v) is 7.04. The van der Waals surface area contributed by atoms with Crippen LogP contribution < -0.4 is 10.6 Å².